The first-order valence-corrected chi connectivity index (χ1v) is 8.97. The predicted octanol–water partition coefficient (Wildman–Crippen LogP) is 4.23. The monoisotopic (exact) mass is 423 g/mol. The number of benzene rings is 3. The highest BCUT2D eigenvalue weighted by atomic mass is 35.5. The largest absolute Gasteiger partial charge is 0.423 e. The molecule has 0 radical (unpaired) electrons. The third-order valence-electron chi connectivity index (χ3n) is 3.91. The molecule has 0 aliphatic rings. The second-order valence-corrected chi connectivity index (χ2v) is 6.32. The van der Waals surface area contributed by atoms with E-state index >= 15 is 0 Å². The fourth-order valence-electron chi connectivity index (χ4n) is 2.46. The van der Waals surface area contributed by atoms with Gasteiger partial charge in [-0.25, -0.2) is 10.2 Å². The fourth-order valence-corrected chi connectivity index (χ4v) is 2.67. The number of hydrogen-bond donors (Lipinski definition) is 1. The standard InChI is InChI=1S/C21H14ClN3O5/c22-18-7-3-1-5-16(18)21(27)30-15-11-9-14(10-12-15)13-23-24-20(26)17-6-2-4-8-19(17)25(28)29/h1-13H,(H,24,26)/b23-13-. The molecule has 0 aromatic heterocycles. The number of esters is 1. The minimum Gasteiger partial charge on any atom is -0.423 e. The highest BCUT2D eigenvalue weighted by molar-refractivity contribution is 6.33. The first-order valence-electron chi connectivity index (χ1n) is 8.59. The van der Waals surface area contributed by atoms with Crippen LogP contribution in [0.5, 0.6) is 5.75 Å². The molecule has 0 heterocycles. The van der Waals surface area contributed by atoms with Gasteiger partial charge >= 0.3 is 5.97 Å². The van der Waals surface area contributed by atoms with Crippen LogP contribution in [0, 0.1) is 10.1 Å². The number of nitrogens with one attached hydrogen (secondary N) is 1. The molecule has 3 rings (SSSR count). The average molecular weight is 424 g/mol. The Bertz CT molecular complexity index is 1130. The van der Waals surface area contributed by atoms with Gasteiger partial charge in [-0.3, -0.25) is 14.9 Å². The minimum atomic E-state index is -0.705. The van der Waals surface area contributed by atoms with E-state index in [-0.39, 0.29) is 16.8 Å². The van der Waals surface area contributed by atoms with E-state index in [9.17, 15) is 19.7 Å². The number of rotatable bonds is 6. The lowest BCUT2D eigenvalue weighted by Crippen LogP contribution is -2.18. The molecule has 3 aromatic rings. The molecule has 1 amide bonds. The summed E-state index contributed by atoms with van der Waals surface area (Å²) in [6.07, 6.45) is 1.35. The van der Waals surface area contributed by atoms with E-state index in [1.807, 2.05) is 0 Å². The number of nitrogens with zero attached hydrogens (tertiary/aromatic N) is 2. The van der Waals surface area contributed by atoms with E-state index in [0.717, 1.165) is 0 Å². The maximum atomic E-state index is 12.1. The van der Waals surface area contributed by atoms with E-state index in [1.54, 1.807) is 48.5 Å². The molecule has 0 unspecified atom stereocenters. The van der Waals surface area contributed by atoms with Crippen LogP contribution in [-0.4, -0.2) is 23.0 Å². The van der Waals surface area contributed by atoms with Gasteiger partial charge < -0.3 is 4.74 Å². The zero-order valence-corrected chi connectivity index (χ0v) is 16.1. The lowest BCUT2D eigenvalue weighted by Gasteiger charge is -2.06. The Hall–Kier alpha value is -4.04. The van der Waals surface area contributed by atoms with Gasteiger partial charge in [0.05, 0.1) is 21.7 Å². The molecule has 0 spiro atoms. The van der Waals surface area contributed by atoms with Crippen LogP contribution in [0.3, 0.4) is 0 Å². The second kappa shape index (κ2) is 9.44. The summed E-state index contributed by atoms with van der Waals surface area (Å²) in [5.41, 5.74) is 2.70. The van der Waals surface area contributed by atoms with Crippen molar-refractivity contribution in [2.45, 2.75) is 0 Å². The molecule has 0 aliphatic heterocycles. The highest BCUT2D eigenvalue weighted by Gasteiger charge is 2.18. The summed E-state index contributed by atoms with van der Waals surface area (Å²) in [6.45, 7) is 0. The van der Waals surface area contributed by atoms with Gasteiger partial charge in [0.1, 0.15) is 11.3 Å². The number of hydrogen-bond acceptors (Lipinski definition) is 6. The smallest absolute Gasteiger partial charge is 0.345 e. The Kier molecular flexibility index (Phi) is 6.51. The topological polar surface area (TPSA) is 111 Å². The zero-order chi connectivity index (χ0) is 21.5. The van der Waals surface area contributed by atoms with Crippen LogP contribution in [0.1, 0.15) is 26.3 Å². The van der Waals surface area contributed by atoms with Gasteiger partial charge in [0, 0.05) is 6.07 Å². The molecule has 0 saturated heterocycles. The first-order chi connectivity index (χ1) is 14.5. The fraction of sp³-hybridized carbons (Fsp3) is 0. The van der Waals surface area contributed by atoms with Crippen LogP contribution in [0.4, 0.5) is 5.69 Å². The Balaban J connectivity index is 1.61. The van der Waals surface area contributed by atoms with Crippen molar-refractivity contribution >= 4 is 35.4 Å². The number of halogens is 1. The molecule has 1 N–H and O–H groups in total. The third kappa shape index (κ3) is 5.06. The van der Waals surface area contributed by atoms with Crippen molar-refractivity contribution in [3.05, 3.63) is 105 Å². The number of carbonyl (C=O) groups is 2. The van der Waals surface area contributed by atoms with Gasteiger partial charge in [-0.15, -0.1) is 0 Å². The molecule has 8 nitrogen and oxygen atoms in total. The Labute approximate surface area is 175 Å². The Morgan fingerprint density at radius 2 is 1.60 bits per heavy atom. The zero-order valence-electron chi connectivity index (χ0n) is 15.3. The van der Waals surface area contributed by atoms with Gasteiger partial charge in [0.15, 0.2) is 0 Å². The number of hydrazone groups is 1. The number of nitro benzene ring substituents is 1. The van der Waals surface area contributed by atoms with Crippen LogP contribution in [0.2, 0.25) is 5.02 Å². The summed E-state index contributed by atoms with van der Waals surface area (Å²) >= 11 is 5.97. The van der Waals surface area contributed by atoms with Crippen LogP contribution < -0.4 is 10.2 Å². The summed E-state index contributed by atoms with van der Waals surface area (Å²) in [5, 5.41) is 15.1. The molecular weight excluding hydrogens is 410 g/mol. The van der Waals surface area contributed by atoms with Crippen molar-refractivity contribution in [1.82, 2.24) is 5.43 Å². The molecular formula is C21H14ClN3O5. The lowest BCUT2D eigenvalue weighted by molar-refractivity contribution is -0.385. The highest BCUT2D eigenvalue weighted by Crippen LogP contribution is 2.19. The third-order valence-corrected chi connectivity index (χ3v) is 4.24. The number of nitro groups is 1. The van der Waals surface area contributed by atoms with Crippen molar-refractivity contribution in [3.8, 4) is 5.75 Å². The summed E-state index contributed by atoms with van der Waals surface area (Å²) < 4.78 is 5.27. The molecule has 9 heteroatoms. The summed E-state index contributed by atoms with van der Waals surface area (Å²) in [5.74, 6) is -0.983. The molecule has 0 atom stereocenters. The van der Waals surface area contributed by atoms with Crippen LogP contribution in [0.25, 0.3) is 0 Å². The van der Waals surface area contributed by atoms with Gasteiger partial charge in [-0.05, 0) is 48.0 Å². The number of ether oxygens (including phenoxy) is 1. The van der Waals surface area contributed by atoms with Gasteiger partial charge in [0.2, 0.25) is 0 Å². The minimum absolute atomic E-state index is 0.0958. The van der Waals surface area contributed by atoms with E-state index in [4.69, 9.17) is 16.3 Å². The summed E-state index contributed by atoms with van der Waals surface area (Å²) in [4.78, 5) is 34.6. The SMILES string of the molecule is O=C(Oc1ccc(/C=N\NC(=O)c2ccccc2[N+](=O)[O-])cc1)c1ccccc1Cl. The number of para-hydroxylation sites is 1. The quantitative estimate of drug-likeness (QED) is 0.210. The lowest BCUT2D eigenvalue weighted by atomic mass is 10.2. The summed E-state index contributed by atoms with van der Waals surface area (Å²) in [6, 6.07) is 18.5. The average Bonchev–Trinajstić information content (AvgIpc) is 2.75. The predicted molar refractivity (Wildman–Crippen MR) is 111 cm³/mol. The maximum absolute atomic E-state index is 12.1. The first kappa shape index (κ1) is 20.7. The molecule has 3 aromatic carbocycles. The molecule has 0 bridgehead atoms. The molecule has 0 aliphatic carbocycles. The molecule has 150 valence electrons. The Morgan fingerprint density at radius 3 is 2.27 bits per heavy atom. The van der Waals surface area contributed by atoms with Crippen molar-refractivity contribution in [2.24, 2.45) is 5.10 Å². The molecule has 0 saturated carbocycles. The van der Waals surface area contributed by atoms with Crippen LogP contribution >= 0.6 is 11.6 Å². The van der Waals surface area contributed by atoms with Crippen molar-refractivity contribution in [2.75, 3.05) is 0 Å². The van der Waals surface area contributed by atoms with E-state index in [0.29, 0.717) is 16.3 Å². The van der Waals surface area contributed by atoms with E-state index in [1.165, 1.54) is 30.5 Å². The maximum Gasteiger partial charge on any atom is 0.345 e. The van der Waals surface area contributed by atoms with E-state index in [2.05, 4.69) is 10.5 Å². The molecule has 0 fully saturated rings. The van der Waals surface area contributed by atoms with Crippen molar-refractivity contribution < 1.29 is 19.2 Å². The number of amides is 1. The molecule has 30 heavy (non-hydrogen) atoms. The van der Waals surface area contributed by atoms with E-state index < -0.39 is 16.8 Å². The van der Waals surface area contributed by atoms with Gasteiger partial charge in [-0.1, -0.05) is 35.9 Å². The Morgan fingerprint density at radius 1 is 0.967 bits per heavy atom. The van der Waals surface area contributed by atoms with Gasteiger partial charge in [0.25, 0.3) is 11.6 Å². The van der Waals surface area contributed by atoms with Crippen LogP contribution in [-0.2, 0) is 0 Å². The summed E-state index contributed by atoms with van der Waals surface area (Å²) in [7, 11) is 0. The van der Waals surface area contributed by atoms with Crippen molar-refractivity contribution in [3.63, 3.8) is 0 Å². The second-order valence-electron chi connectivity index (χ2n) is 5.91. The van der Waals surface area contributed by atoms with Crippen LogP contribution in [0.15, 0.2) is 77.9 Å². The van der Waals surface area contributed by atoms with Gasteiger partial charge in [-0.2, -0.15) is 5.10 Å². The normalized spacial score (nSPS) is 10.6. The number of carbonyl (C=O) groups excluding carboxylic acids is 2. The van der Waals surface area contributed by atoms with Crippen molar-refractivity contribution in [1.29, 1.82) is 0 Å².